The minimum Gasteiger partial charge on any atom is -0.497 e. The van der Waals surface area contributed by atoms with Gasteiger partial charge in [-0.15, -0.1) is 0 Å². The molecule has 0 radical (unpaired) electrons. The van der Waals surface area contributed by atoms with E-state index in [0.29, 0.717) is 12.2 Å². The molecule has 1 fully saturated rings. The van der Waals surface area contributed by atoms with Crippen LogP contribution in [0.5, 0.6) is 5.75 Å². The van der Waals surface area contributed by atoms with Crippen LogP contribution in [0.3, 0.4) is 0 Å². The van der Waals surface area contributed by atoms with E-state index in [4.69, 9.17) is 4.74 Å². The predicted octanol–water partition coefficient (Wildman–Crippen LogP) is 4.69. The first-order valence-corrected chi connectivity index (χ1v) is 11.9. The van der Waals surface area contributed by atoms with E-state index < -0.39 is 5.54 Å². The van der Waals surface area contributed by atoms with Crippen molar-refractivity contribution in [3.63, 3.8) is 0 Å². The van der Waals surface area contributed by atoms with Crippen LogP contribution in [-0.2, 0) is 17.8 Å². The lowest BCUT2D eigenvalue weighted by atomic mass is 9.93. The quantitative estimate of drug-likeness (QED) is 0.620. The Bertz CT molecular complexity index is 1220. The van der Waals surface area contributed by atoms with Gasteiger partial charge in [0.15, 0.2) is 0 Å². The van der Waals surface area contributed by atoms with E-state index in [1.807, 2.05) is 54.0 Å². The molecule has 2 amide bonds. The van der Waals surface area contributed by atoms with Crippen LogP contribution in [0.15, 0.2) is 48.5 Å². The topological polar surface area (TPSA) is 63.6 Å². The Hall–Kier alpha value is -3.28. The fourth-order valence-electron chi connectivity index (χ4n) is 5.33. The molecule has 5 rings (SSSR count). The average Bonchev–Trinajstić information content (AvgIpc) is 3.46. The molecule has 6 heteroatoms. The third-order valence-corrected chi connectivity index (χ3v) is 7.25. The number of nitrogens with zero attached hydrogens (tertiary/aromatic N) is 2. The number of fused-ring (bicyclic) bond motifs is 3. The second-order valence-corrected chi connectivity index (χ2v) is 9.43. The summed E-state index contributed by atoms with van der Waals surface area (Å²) < 4.78 is 7.41. The number of rotatable bonds is 5. The van der Waals surface area contributed by atoms with Gasteiger partial charge in [0, 0.05) is 23.2 Å². The van der Waals surface area contributed by atoms with Crippen molar-refractivity contribution < 1.29 is 14.3 Å². The molecular weight excluding hydrogens is 414 g/mol. The molecule has 0 bridgehead atoms. The first kappa shape index (κ1) is 21.6. The van der Waals surface area contributed by atoms with Gasteiger partial charge in [0.1, 0.15) is 17.0 Å². The molecule has 1 N–H and O–H groups in total. The van der Waals surface area contributed by atoms with Crippen molar-refractivity contribution in [2.75, 3.05) is 12.0 Å². The number of hydrogen-bond acceptors (Lipinski definition) is 3. The highest BCUT2D eigenvalue weighted by molar-refractivity contribution is 6.14. The third-order valence-electron chi connectivity index (χ3n) is 7.25. The van der Waals surface area contributed by atoms with E-state index in [1.165, 1.54) is 0 Å². The van der Waals surface area contributed by atoms with Crippen molar-refractivity contribution in [2.45, 2.75) is 64.1 Å². The maximum Gasteiger partial charge on any atom is 0.275 e. The SMILES string of the molecule is CCc1cccc(N2C(=O)c3cc4ccc(OC)cc4n3C[C@@]2(C)C(=O)NC2CCCC2)c1. The van der Waals surface area contributed by atoms with Crippen LogP contribution in [0.4, 0.5) is 5.69 Å². The Balaban J connectivity index is 1.65. The summed E-state index contributed by atoms with van der Waals surface area (Å²) in [6.45, 7) is 4.36. The molecule has 33 heavy (non-hydrogen) atoms. The highest BCUT2D eigenvalue weighted by atomic mass is 16.5. The number of nitrogens with one attached hydrogen (secondary N) is 1. The number of benzene rings is 2. The lowest BCUT2D eigenvalue weighted by Crippen LogP contribution is -2.65. The summed E-state index contributed by atoms with van der Waals surface area (Å²) in [5.74, 6) is 0.472. The van der Waals surface area contributed by atoms with Crippen molar-refractivity contribution >= 4 is 28.4 Å². The van der Waals surface area contributed by atoms with Gasteiger partial charge < -0.3 is 14.6 Å². The van der Waals surface area contributed by atoms with Crippen LogP contribution >= 0.6 is 0 Å². The van der Waals surface area contributed by atoms with Crippen molar-refractivity contribution in [2.24, 2.45) is 0 Å². The molecule has 0 spiro atoms. The van der Waals surface area contributed by atoms with Gasteiger partial charge in [0.2, 0.25) is 5.91 Å². The minimum absolute atomic E-state index is 0.0972. The fraction of sp³-hybridized carbons (Fsp3) is 0.407. The van der Waals surface area contributed by atoms with E-state index in [0.717, 1.165) is 60.0 Å². The normalized spacial score (nSPS) is 20.8. The summed E-state index contributed by atoms with van der Waals surface area (Å²) in [5, 5.41) is 4.22. The summed E-state index contributed by atoms with van der Waals surface area (Å²) >= 11 is 0. The smallest absolute Gasteiger partial charge is 0.275 e. The van der Waals surface area contributed by atoms with Crippen LogP contribution in [0, 0.1) is 0 Å². The van der Waals surface area contributed by atoms with Crippen LogP contribution in [-0.4, -0.2) is 35.1 Å². The van der Waals surface area contributed by atoms with Crippen molar-refractivity contribution in [1.29, 1.82) is 0 Å². The van der Waals surface area contributed by atoms with E-state index in [1.54, 1.807) is 12.0 Å². The Labute approximate surface area is 194 Å². The summed E-state index contributed by atoms with van der Waals surface area (Å²) in [5.41, 5.74) is 2.33. The predicted molar refractivity (Wildman–Crippen MR) is 130 cm³/mol. The first-order valence-electron chi connectivity index (χ1n) is 11.9. The van der Waals surface area contributed by atoms with E-state index in [-0.39, 0.29) is 17.9 Å². The zero-order chi connectivity index (χ0) is 23.2. The number of methoxy groups -OCH3 is 1. The summed E-state index contributed by atoms with van der Waals surface area (Å²) in [7, 11) is 1.63. The van der Waals surface area contributed by atoms with Crippen LogP contribution < -0.4 is 15.0 Å². The van der Waals surface area contributed by atoms with Gasteiger partial charge in [-0.2, -0.15) is 0 Å². The number of carbonyl (C=O) groups excluding carboxylic acids is 2. The molecule has 2 heterocycles. The fourth-order valence-corrected chi connectivity index (χ4v) is 5.33. The second kappa shape index (κ2) is 8.25. The van der Waals surface area contributed by atoms with Crippen LogP contribution in [0.25, 0.3) is 10.9 Å². The largest absolute Gasteiger partial charge is 0.497 e. The molecule has 1 atom stereocenters. The highest BCUT2D eigenvalue weighted by Crippen LogP contribution is 2.37. The van der Waals surface area contributed by atoms with Crippen molar-refractivity contribution in [1.82, 2.24) is 9.88 Å². The van der Waals surface area contributed by atoms with Crippen molar-refractivity contribution in [3.8, 4) is 5.75 Å². The minimum atomic E-state index is -1.06. The standard InChI is InChI=1S/C27H31N3O3/c1-4-18-8-7-11-21(14-18)30-25(31)24-15-19-12-13-22(33-3)16-23(19)29(24)17-27(30,2)26(32)28-20-9-5-6-10-20/h7-8,11-16,20H,4-6,9-10,17H2,1-3H3,(H,28,32)/t27-/m0/s1. The Kier molecular flexibility index (Phi) is 5.39. The zero-order valence-corrected chi connectivity index (χ0v) is 19.6. The van der Waals surface area contributed by atoms with Crippen molar-refractivity contribution in [3.05, 3.63) is 59.8 Å². The van der Waals surface area contributed by atoms with Gasteiger partial charge in [-0.25, -0.2) is 0 Å². The van der Waals surface area contributed by atoms with Gasteiger partial charge in [-0.1, -0.05) is 31.9 Å². The number of amides is 2. The highest BCUT2D eigenvalue weighted by Gasteiger charge is 2.49. The molecule has 6 nitrogen and oxygen atoms in total. The number of hydrogen-bond donors (Lipinski definition) is 1. The lowest BCUT2D eigenvalue weighted by molar-refractivity contribution is -0.127. The number of ether oxygens (including phenoxy) is 1. The molecule has 0 unspecified atom stereocenters. The van der Waals surface area contributed by atoms with Crippen LogP contribution in [0.1, 0.15) is 55.6 Å². The number of aryl methyl sites for hydroxylation is 1. The van der Waals surface area contributed by atoms with Gasteiger partial charge in [-0.3, -0.25) is 14.5 Å². The Morgan fingerprint density at radius 3 is 2.67 bits per heavy atom. The zero-order valence-electron chi connectivity index (χ0n) is 19.6. The van der Waals surface area contributed by atoms with Gasteiger partial charge in [0.25, 0.3) is 5.91 Å². The maximum absolute atomic E-state index is 14.0. The van der Waals surface area contributed by atoms with Gasteiger partial charge >= 0.3 is 0 Å². The van der Waals surface area contributed by atoms with E-state index >= 15 is 0 Å². The number of carbonyl (C=O) groups is 2. The first-order chi connectivity index (χ1) is 15.9. The number of anilines is 1. The average molecular weight is 446 g/mol. The summed E-state index contributed by atoms with van der Waals surface area (Å²) in [4.78, 5) is 29.5. The molecule has 0 saturated heterocycles. The monoisotopic (exact) mass is 445 g/mol. The molecule has 3 aromatic rings. The Morgan fingerprint density at radius 1 is 1.15 bits per heavy atom. The lowest BCUT2D eigenvalue weighted by Gasteiger charge is -2.44. The molecular formula is C27H31N3O3. The molecule has 1 aliphatic carbocycles. The third kappa shape index (κ3) is 3.58. The summed E-state index contributed by atoms with van der Waals surface area (Å²) in [6.07, 6.45) is 5.12. The maximum atomic E-state index is 14.0. The van der Waals surface area contributed by atoms with Gasteiger partial charge in [0.05, 0.1) is 19.2 Å². The second-order valence-electron chi connectivity index (χ2n) is 9.43. The molecule has 1 aliphatic heterocycles. The van der Waals surface area contributed by atoms with Crippen LogP contribution in [0.2, 0.25) is 0 Å². The van der Waals surface area contributed by atoms with Gasteiger partial charge in [-0.05, 0) is 62.1 Å². The van der Waals surface area contributed by atoms with E-state index in [2.05, 4.69) is 18.3 Å². The molecule has 1 saturated carbocycles. The molecule has 2 aromatic carbocycles. The molecule has 2 aliphatic rings. The molecule has 1 aromatic heterocycles. The Morgan fingerprint density at radius 2 is 1.94 bits per heavy atom. The molecule has 172 valence electrons. The number of aromatic nitrogens is 1. The van der Waals surface area contributed by atoms with E-state index in [9.17, 15) is 9.59 Å². The summed E-state index contributed by atoms with van der Waals surface area (Å²) in [6, 6.07) is 15.9.